The average molecular weight is 375 g/mol. The number of rotatable bonds is 6. The van der Waals surface area contributed by atoms with Crippen LogP contribution in [0.3, 0.4) is 0 Å². The summed E-state index contributed by atoms with van der Waals surface area (Å²) in [5.41, 5.74) is 2.70. The number of hydrogen-bond acceptors (Lipinski definition) is 4. The molecule has 1 heterocycles. The molecular weight excluding hydrogens is 352 g/mol. The molecule has 138 valence electrons. The molecule has 1 amide bonds. The molecule has 0 saturated carbocycles. The minimum Gasteiger partial charge on any atom is -0.495 e. The minimum absolute atomic E-state index is 0.0673. The summed E-state index contributed by atoms with van der Waals surface area (Å²) >= 11 is 6.15. The standard InChI is InChI=1S/C20H23ClN2O3/c1-25-19-8-7-16(23-10-12-26-13-11-23)14-18(19)22-20(24)9-6-15-4-2-3-5-17(15)21/h2-5,7-8,14H,6,9-13H2,1H3,(H,22,24). The number of halogens is 1. The molecule has 6 heteroatoms. The number of aryl methyl sites for hydroxylation is 1. The van der Waals surface area contributed by atoms with Crippen LogP contribution >= 0.6 is 11.6 Å². The van der Waals surface area contributed by atoms with E-state index in [0.717, 1.165) is 24.3 Å². The number of benzene rings is 2. The average Bonchev–Trinajstić information content (AvgIpc) is 2.68. The molecule has 0 unspecified atom stereocenters. The van der Waals surface area contributed by atoms with Crippen LogP contribution in [-0.2, 0) is 16.0 Å². The van der Waals surface area contributed by atoms with Crippen LogP contribution in [0.5, 0.6) is 5.75 Å². The van der Waals surface area contributed by atoms with Gasteiger partial charge in [-0.15, -0.1) is 0 Å². The molecule has 26 heavy (non-hydrogen) atoms. The molecule has 1 aliphatic heterocycles. The Morgan fingerprint density at radius 2 is 2.00 bits per heavy atom. The lowest BCUT2D eigenvalue weighted by molar-refractivity contribution is -0.116. The van der Waals surface area contributed by atoms with Gasteiger partial charge in [-0.2, -0.15) is 0 Å². The molecule has 0 radical (unpaired) electrons. The van der Waals surface area contributed by atoms with E-state index in [0.29, 0.717) is 42.5 Å². The van der Waals surface area contributed by atoms with Gasteiger partial charge in [0.25, 0.3) is 0 Å². The second-order valence-corrected chi connectivity index (χ2v) is 6.53. The Balaban J connectivity index is 1.67. The fourth-order valence-corrected chi connectivity index (χ4v) is 3.20. The predicted octanol–water partition coefficient (Wildman–Crippen LogP) is 3.76. The van der Waals surface area contributed by atoms with Crippen molar-refractivity contribution in [2.24, 2.45) is 0 Å². The first-order valence-electron chi connectivity index (χ1n) is 8.71. The third-order valence-electron chi connectivity index (χ3n) is 4.41. The number of anilines is 2. The van der Waals surface area contributed by atoms with Gasteiger partial charge in [-0.1, -0.05) is 29.8 Å². The quantitative estimate of drug-likeness (QED) is 0.836. The molecule has 0 aliphatic carbocycles. The normalized spacial score (nSPS) is 14.2. The maximum Gasteiger partial charge on any atom is 0.224 e. The van der Waals surface area contributed by atoms with Crippen LogP contribution in [0.2, 0.25) is 5.02 Å². The van der Waals surface area contributed by atoms with Crippen LogP contribution in [0.1, 0.15) is 12.0 Å². The summed E-state index contributed by atoms with van der Waals surface area (Å²) in [5.74, 6) is 0.579. The Kier molecular flexibility index (Phi) is 6.36. The summed E-state index contributed by atoms with van der Waals surface area (Å²) in [5, 5.41) is 3.65. The fourth-order valence-electron chi connectivity index (χ4n) is 2.97. The van der Waals surface area contributed by atoms with Crippen molar-refractivity contribution in [1.82, 2.24) is 0 Å². The molecule has 3 rings (SSSR count). The van der Waals surface area contributed by atoms with Crippen LogP contribution < -0.4 is 15.0 Å². The Bertz CT molecular complexity index is 760. The first kappa shape index (κ1) is 18.5. The summed E-state index contributed by atoms with van der Waals surface area (Å²) in [6, 6.07) is 13.4. The minimum atomic E-state index is -0.0673. The first-order valence-corrected chi connectivity index (χ1v) is 9.09. The number of methoxy groups -OCH3 is 1. The fraction of sp³-hybridized carbons (Fsp3) is 0.350. The van der Waals surface area contributed by atoms with Crippen molar-refractivity contribution < 1.29 is 14.3 Å². The summed E-state index contributed by atoms with van der Waals surface area (Å²) in [4.78, 5) is 14.6. The number of hydrogen-bond donors (Lipinski definition) is 1. The second kappa shape index (κ2) is 8.92. The van der Waals surface area contributed by atoms with E-state index in [4.69, 9.17) is 21.1 Å². The van der Waals surface area contributed by atoms with E-state index < -0.39 is 0 Å². The van der Waals surface area contributed by atoms with Gasteiger partial charge in [0.05, 0.1) is 26.0 Å². The highest BCUT2D eigenvalue weighted by Crippen LogP contribution is 2.30. The summed E-state index contributed by atoms with van der Waals surface area (Å²) in [6.07, 6.45) is 0.950. The highest BCUT2D eigenvalue weighted by atomic mass is 35.5. The van der Waals surface area contributed by atoms with Crippen LogP contribution in [0.4, 0.5) is 11.4 Å². The van der Waals surface area contributed by atoms with Gasteiger partial charge in [-0.25, -0.2) is 0 Å². The molecule has 5 nitrogen and oxygen atoms in total. The monoisotopic (exact) mass is 374 g/mol. The zero-order chi connectivity index (χ0) is 18.4. The lowest BCUT2D eigenvalue weighted by atomic mass is 10.1. The van der Waals surface area contributed by atoms with Crippen LogP contribution in [0, 0.1) is 0 Å². The van der Waals surface area contributed by atoms with Crippen LogP contribution in [0.15, 0.2) is 42.5 Å². The number of morpholine rings is 1. The number of nitrogens with one attached hydrogen (secondary N) is 1. The third-order valence-corrected chi connectivity index (χ3v) is 4.78. The van der Waals surface area contributed by atoms with Crippen molar-refractivity contribution in [3.8, 4) is 5.75 Å². The maximum absolute atomic E-state index is 12.4. The summed E-state index contributed by atoms with van der Waals surface area (Å²) < 4.78 is 10.8. The first-order chi connectivity index (χ1) is 12.7. The summed E-state index contributed by atoms with van der Waals surface area (Å²) in [6.45, 7) is 3.11. The van der Waals surface area contributed by atoms with Crippen LogP contribution in [0.25, 0.3) is 0 Å². The highest BCUT2D eigenvalue weighted by molar-refractivity contribution is 6.31. The van der Waals surface area contributed by atoms with Gasteiger partial charge in [-0.3, -0.25) is 4.79 Å². The van der Waals surface area contributed by atoms with Gasteiger partial charge in [0.2, 0.25) is 5.91 Å². The number of carbonyl (C=O) groups is 1. The smallest absolute Gasteiger partial charge is 0.224 e. The topological polar surface area (TPSA) is 50.8 Å². The van der Waals surface area contributed by atoms with E-state index in [-0.39, 0.29) is 5.91 Å². The molecular formula is C20H23ClN2O3. The van der Waals surface area contributed by atoms with E-state index in [2.05, 4.69) is 10.2 Å². The number of carbonyl (C=O) groups excluding carboxylic acids is 1. The van der Waals surface area contributed by atoms with Gasteiger partial charge in [0, 0.05) is 30.2 Å². The number of amides is 1. The Hall–Kier alpha value is -2.24. The van der Waals surface area contributed by atoms with E-state index >= 15 is 0 Å². The Morgan fingerprint density at radius 3 is 2.73 bits per heavy atom. The Labute approximate surface area is 158 Å². The van der Waals surface area contributed by atoms with E-state index in [1.807, 2.05) is 42.5 Å². The van der Waals surface area contributed by atoms with Crippen molar-refractivity contribution >= 4 is 28.9 Å². The summed E-state index contributed by atoms with van der Waals surface area (Å²) in [7, 11) is 1.60. The highest BCUT2D eigenvalue weighted by Gasteiger charge is 2.15. The molecule has 0 atom stereocenters. The van der Waals surface area contributed by atoms with Crippen LogP contribution in [-0.4, -0.2) is 39.3 Å². The predicted molar refractivity (Wildman–Crippen MR) is 104 cm³/mol. The molecule has 1 N–H and O–H groups in total. The SMILES string of the molecule is COc1ccc(N2CCOCC2)cc1NC(=O)CCc1ccccc1Cl. The van der Waals surface area contributed by atoms with E-state index in [9.17, 15) is 4.79 Å². The zero-order valence-corrected chi connectivity index (χ0v) is 15.6. The van der Waals surface area contributed by atoms with Gasteiger partial charge < -0.3 is 19.7 Å². The molecule has 1 saturated heterocycles. The van der Waals surface area contributed by atoms with Gasteiger partial charge in [-0.05, 0) is 36.2 Å². The lowest BCUT2D eigenvalue weighted by Crippen LogP contribution is -2.36. The molecule has 1 aliphatic rings. The van der Waals surface area contributed by atoms with Crippen molar-refractivity contribution in [3.05, 3.63) is 53.1 Å². The number of nitrogens with zero attached hydrogens (tertiary/aromatic N) is 1. The zero-order valence-electron chi connectivity index (χ0n) is 14.8. The second-order valence-electron chi connectivity index (χ2n) is 6.12. The number of ether oxygens (including phenoxy) is 2. The lowest BCUT2D eigenvalue weighted by Gasteiger charge is -2.29. The van der Waals surface area contributed by atoms with Crippen molar-refractivity contribution in [2.75, 3.05) is 43.6 Å². The van der Waals surface area contributed by atoms with Crippen molar-refractivity contribution in [2.45, 2.75) is 12.8 Å². The van der Waals surface area contributed by atoms with E-state index in [1.165, 1.54) is 0 Å². The Morgan fingerprint density at radius 1 is 1.23 bits per heavy atom. The molecule has 0 spiro atoms. The molecule has 0 aromatic heterocycles. The van der Waals surface area contributed by atoms with Gasteiger partial charge in [0.15, 0.2) is 0 Å². The maximum atomic E-state index is 12.4. The third kappa shape index (κ3) is 4.68. The van der Waals surface area contributed by atoms with Gasteiger partial charge in [0.1, 0.15) is 5.75 Å². The molecule has 1 fully saturated rings. The molecule has 2 aromatic carbocycles. The van der Waals surface area contributed by atoms with Crippen molar-refractivity contribution in [1.29, 1.82) is 0 Å². The molecule has 0 bridgehead atoms. The van der Waals surface area contributed by atoms with Crippen molar-refractivity contribution in [3.63, 3.8) is 0 Å². The van der Waals surface area contributed by atoms with E-state index in [1.54, 1.807) is 7.11 Å². The molecule has 2 aromatic rings. The largest absolute Gasteiger partial charge is 0.495 e. The van der Waals surface area contributed by atoms with Gasteiger partial charge >= 0.3 is 0 Å².